The first-order valence-electron chi connectivity index (χ1n) is 5.45. The average Bonchev–Trinajstić information content (AvgIpc) is 2.84. The van der Waals surface area contributed by atoms with Gasteiger partial charge in [0.1, 0.15) is 5.76 Å². The molecule has 0 saturated heterocycles. The molecular weight excluding hydrogens is 218 g/mol. The van der Waals surface area contributed by atoms with Crippen molar-refractivity contribution in [1.82, 2.24) is 5.32 Å². The first-order chi connectivity index (χ1) is 8.18. The highest BCUT2D eigenvalue weighted by atomic mass is 16.3. The molecule has 1 aromatic heterocycles. The summed E-state index contributed by atoms with van der Waals surface area (Å²) in [7, 11) is 0. The predicted octanol–water partition coefficient (Wildman–Crippen LogP) is 2.54. The highest BCUT2D eigenvalue weighted by Crippen LogP contribution is 2.28. The summed E-state index contributed by atoms with van der Waals surface area (Å²) >= 11 is 0. The SMILES string of the molecule is C[C@H](NCc1cccc(O)c1O)c1ccco1. The number of phenolic OH excluding ortho intramolecular Hbond substituents is 2. The Morgan fingerprint density at radius 3 is 2.76 bits per heavy atom. The van der Waals surface area contributed by atoms with E-state index in [1.807, 2.05) is 19.1 Å². The minimum absolute atomic E-state index is 0.0479. The first kappa shape index (κ1) is 11.5. The molecule has 4 nitrogen and oxygen atoms in total. The van der Waals surface area contributed by atoms with E-state index in [1.165, 1.54) is 6.07 Å². The second kappa shape index (κ2) is 4.93. The molecule has 0 fully saturated rings. The van der Waals surface area contributed by atoms with E-state index in [1.54, 1.807) is 18.4 Å². The van der Waals surface area contributed by atoms with Gasteiger partial charge in [-0.3, -0.25) is 0 Å². The highest BCUT2D eigenvalue weighted by molar-refractivity contribution is 5.44. The fraction of sp³-hybridized carbons (Fsp3) is 0.231. The van der Waals surface area contributed by atoms with Crippen molar-refractivity contribution in [1.29, 1.82) is 0 Å². The lowest BCUT2D eigenvalue weighted by atomic mass is 10.1. The molecule has 0 aliphatic carbocycles. The van der Waals surface area contributed by atoms with Crippen LogP contribution in [0.4, 0.5) is 0 Å². The van der Waals surface area contributed by atoms with Gasteiger partial charge in [0, 0.05) is 12.1 Å². The van der Waals surface area contributed by atoms with Crippen LogP contribution in [0.1, 0.15) is 24.3 Å². The van der Waals surface area contributed by atoms with Crippen LogP contribution in [0.5, 0.6) is 11.5 Å². The number of hydrogen-bond donors (Lipinski definition) is 3. The molecule has 0 aliphatic rings. The molecule has 0 saturated carbocycles. The molecule has 2 aromatic rings. The number of para-hydroxylation sites is 1. The number of phenols is 2. The first-order valence-corrected chi connectivity index (χ1v) is 5.45. The number of hydrogen-bond acceptors (Lipinski definition) is 4. The van der Waals surface area contributed by atoms with Gasteiger partial charge in [-0.2, -0.15) is 0 Å². The number of rotatable bonds is 4. The zero-order valence-corrected chi connectivity index (χ0v) is 9.55. The van der Waals surface area contributed by atoms with Crippen LogP contribution in [-0.2, 0) is 6.54 Å². The van der Waals surface area contributed by atoms with Crippen molar-refractivity contribution in [2.75, 3.05) is 0 Å². The van der Waals surface area contributed by atoms with Crippen molar-refractivity contribution in [3.63, 3.8) is 0 Å². The largest absolute Gasteiger partial charge is 0.504 e. The summed E-state index contributed by atoms with van der Waals surface area (Å²) in [5.74, 6) is 0.659. The zero-order valence-electron chi connectivity index (χ0n) is 9.55. The number of furan rings is 1. The molecule has 2 rings (SSSR count). The Balaban J connectivity index is 2.00. The van der Waals surface area contributed by atoms with Crippen molar-refractivity contribution < 1.29 is 14.6 Å². The molecule has 3 N–H and O–H groups in total. The molecule has 1 aromatic carbocycles. The van der Waals surface area contributed by atoms with E-state index in [2.05, 4.69) is 5.32 Å². The van der Waals surface area contributed by atoms with Crippen LogP contribution in [0.3, 0.4) is 0 Å². The Kier molecular flexibility index (Phi) is 3.35. The van der Waals surface area contributed by atoms with Gasteiger partial charge >= 0.3 is 0 Å². The monoisotopic (exact) mass is 233 g/mol. The number of nitrogens with one attached hydrogen (secondary N) is 1. The van der Waals surface area contributed by atoms with Crippen LogP contribution in [0.15, 0.2) is 41.0 Å². The third-order valence-corrected chi connectivity index (χ3v) is 2.67. The van der Waals surface area contributed by atoms with Gasteiger partial charge in [0.25, 0.3) is 0 Å². The second-order valence-corrected chi connectivity index (χ2v) is 3.90. The van der Waals surface area contributed by atoms with Gasteiger partial charge in [0.15, 0.2) is 11.5 Å². The Morgan fingerprint density at radius 2 is 2.06 bits per heavy atom. The van der Waals surface area contributed by atoms with E-state index in [0.29, 0.717) is 12.1 Å². The van der Waals surface area contributed by atoms with Crippen molar-refractivity contribution in [3.8, 4) is 11.5 Å². The van der Waals surface area contributed by atoms with Crippen molar-refractivity contribution in [2.45, 2.75) is 19.5 Å². The molecule has 0 bridgehead atoms. The van der Waals surface area contributed by atoms with E-state index < -0.39 is 0 Å². The maximum Gasteiger partial charge on any atom is 0.161 e. The molecule has 0 unspecified atom stereocenters. The molecule has 1 heterocycles. The minimum Gasteiger partial charge on any atom is -0.504 e. The number of aromatic hydroxyl groups is 2. The van der Waals surface area contributed by atoms with Gasteiger partial charge in [0.2, 0.25) is 0 Å². The Morgan fingerprint density at radius 1 is 1.24 bits per heavy atom. The summed E-state index contributed by atoms with van der Waals surface area (Å²) in [6.45, 7) is 2.43. The standard InChI is InChI=1S/C13H15NO3/c1-9(12-6-3-7-17-12)14-8-10-4-2-5-11(15)13(10)16/h2-7,9,14-16H,8H2,1H3/t9-/m0/s1. The van der Waals surface area contributed by atoms with E-state index in [4.69, 9.17) is 4.42 Å². The molecular formula is C13H15NO3. The van der Waals surface area contributed by atoms with Gasteiger partial charge in [-0.25, -0.2) is 0 Å². The topological polar surface area (TPSA) is 65.6 Å². The van der Waals surface area contributed by atoms with Crippen LogP contribution in [0.2, 0.25) is 0 Å². The van der Waals surface area contributed by atoms with Crippen LogP contribution >= 0.6 is 0 Å². The fourth-order valence-corrected chi connectivity index (χ4v) is 1.62. The average molecular weight is 233 g/mol. The summed E-state index contributed by atoms with van der Waals surface area (Å²) in [5, 5.41) is 22.2. The lowest BCUT2D eigenvalue weighted by Crippen LogP contribution is -2.17. The summed E-state index contributed by atoms with van der Waals surface area (Å²) in [6.07, 6.45) is 1.62. The molecule has 0 spiro atoms. The van der Waals surface area contributed by atoms with Crippen molar-refractivity contribution in [2.24, 2.45) is 0 Å². The van der Waals surface area contributed by atoms with E-state index in [0.717, 1.165) is 5.76 Å². The van der Waals surface area contributed by atoms with Crippen LogP contribution in [0, 0.1) is 0 Å². The van der Waals surface area contributed by atoms with Crippen molar-refractivity contribution >= 4 is 0 Å². The van der Waals surface area contributed by atoms with Gasteiger partial charge in [-0.1, -0.05) is 12.1 Å². The van der Waals surface area contributed by atoms with Crippen LogP contribution < -0.4 is 5.32 Å². The van der Waals surface area contributed by atoms with Crippen molar-refractivity contribution in [3.05, 3.63) is 47.9 Å². The molecule has 0 aliphatic heterocycles. The smallest absolute Gasteiger partial charge is 0.161 e. The maximum absolute atomic E-state index is 9.63. The molecule has 0 amide bonds. The van der Waals surface area contributed by atoms with Gasteiger partial charge in [0.05, 0.1) is 12.3 Å². The third-order valence-electron chi connectivity index (χ3n) is 2.67. The van der Waals surface area contributed by atoms with E-state index >= 15 is 0 Å². The molecule has 1 atom stereocenters. The van der Waals surface area contributed by atoms with Crippen LogP contribution in [-0.4, -0.2) is 10.2 Å². The quantitative estimate of drug-likeness (QED) is 0.710. The summed E-state index contributed by atoms with van der Waals surface area (Å²) < 4.78 is 5.26. The van der Waals surface area contributed by atoms with E-state index in [-0.39, 0.29) is 17.5 Å². The molecule has 90 valence electrons. The van der Waals surface area contributed by atoms with Crippen LogP contribution in [0.25, 0.3) is 0 Å². The zero-order chi connectivity index (χ0) is 12.3. The Hall–Kier alpha value is -1.94. The maximum atomic E-state index is 9.63. The lowest BCUT2D eigenvalue weighted by Gasteiger charge is -2.12. The number of benzene rings is 1. The molecule has 0 radical (unpaired) electrons. The Labute approximate surface area is 99.5 Å². The third kappa shape index (κ3) is 2.60. The van der Waals surface area contributed by atoms with Gasteiger partial charge in [-0.05, 0) is 25.1 Å². The molecule has 4 heteroatoms. The molecule has 17 heavy (non-hydrogen) atoms. The van der Waals surface area contributed by atoms with Gasteiger partial charge < -0.3 is 19.9 Å². The predicted molar refractivity (Wildman–Crippen MR) is 63.7 cm³/mol. The summed E-state index contributed by atoms with van der Waals surface area (Å²) in [5.41, 5.74) is 0.656. The second-order valence-electron chi connectivity index (χ2n) is 3.90. The lowest BCUT2D eigenvalue weighted by molar-refractivity contribution is 0.392. The van der Waals surface area contributed by atoms with Gasteiger partial charge in [-0.15, -0.1) is 0 Å². The summed E-state index contributed by atoms with van der Waals surface area (Å²) in [4.78, 5) is 0. The normalized spacial score (nSPS) is 12.5. The highest BCUT2D eigenvalue weighted by Gasteiger charge is 2.10. The minimum atomic E-state index is -0.102. The summed E-state index contributed by atoms with van der Waals surface area (Å²) in [6, 6.07) is 8.68. The van der Waals surface area contributed by atoms with E-state index in [9.17, 15) is 10.2 Å². The fourth-order valence-electron chi connectivity index (χ4n) is 1.62. The Bertz CT molecular complexity index is 479.